The number of thiazole rings is 1. The van der Waals surface area contributed by atoms with Crippen molar-refractivity contribution in [1.82, 2.24) is 24.1 Å². The van der Waals surface area contributed by atoms with E-state index in [0.717, 1.165) is 26.4 Å². The Kier molecular flexibility index (Phi) is 4.80. The van der Waals surface area contributed by atoms with Crippen LogP contribution in [0.5, 0.6) is 0 Å². The topological polar surface area (TPSA) is 84.1 Å². The number of hydrogen-bond acceptors (Lipinski definition) is 7. The Morgan fingerprint density at radius 2 is 2.17 bits per heavy atom. The van der Waals surface area contributed by atoms with E-state index in [9.17, 15) is 9.90 Å². The summed E-state index contributed by atoms with van der Waals surface area (Å²) >= 11 is 3.16. The number of aromatic nitrogens is 4. The lowest BCUT2D eigenvalue weighted by Gasteiger charge is -2.30. The molecule has 30 heavy (non-hydrogen) atoms. The van der Waals surface area contributed by atoms with Crippen molar-refractivity contribution in [2.75, 3.05) is 6.61 Å². The minimum absolute atomic E-state index is 0.142. The molecule has 1 N–H and O–H groups in total. The molecule has 3 aromatic heterocycles. The lowest BCUT2D eigenvalue weighted by molar-refractivity contribution is -0.139. The highest BCUT2D eigenvalue weighted by atomic mass is 32.2. The van der Waals surface area contributed by atoms with Crippen LogP contribution in [0.1, 0.15) is 23.9 Å². The molecule has 1 aliphatic heterocycles. The first kappa shape index (κ1) is 19.2. The Bertz CT molecular complexity index is 1200. The molecule has 7 nitrogen and oxygen atoms in total. The summed E-state index contributed by atoms with van der Waals surface area (Å²) in [5.41, 5.74) is 4.26. The van der Waals surface area contributed by atoms with E-state index < -0.39 is 5.41 Å². The average Bonchev–Trinajstić information content (AvgIpc) is 3.47. The molecule has 0 bridgehead atoms. The van der Waals surface area contributed by atoms with Crippen molar-refractivity contribution in [2.24, 2.45) is 0 Å². The van der Waals surface area contributed by atoms with Crippen LogP contribution >= 0.6 is 23.3 Å². The number of aliphatic hydroxyl groups is 1. The van der Waals surface area contributed by atoms with Gasteiger partial charge in [-0.05, 0) is 37.3 Å². The zero-order valence-electron chi connectivity index (χ0n) is 16.2. The fraction of sp³-hybridized carbons (Fsp3) is 0.238. The van der Waals surface area contributed by atoms with E-state index in [4.69, 9.17) is 0 Å². The molecule has 0 aliphatic carbocycles. The Labute approximate surface area is 181 Å². The molecule has 1 amide bonds. The number of benzene rings is 1. The predicted molar refractivity (Wildman–Crippen MR) is 116 cm³/mol. The van der Waals surface area contributed by atoms with Gasteiger partial charge in [0.15, 0.2) is 0 Å². The second-order valence-electron chi connectivity index (χ2n) is 7.44. The minimum Gasteiger partial charge on any atom is -0.395 e. The van der Waals surface area contributed by atoms with Gasteiger partial charge in [-0.2, -0.15) is 5.10 Å². The van der Waals surface area contributed by atoms with E-state index in [0.29, 0.717) is 18.8 Å². The maximum absolute atomic E-state index is 13.2. The summed E-state index contributed by atoms with van der Waals surface area (Å²) in [5.74, 6) is -0.142. The van der Waals surface area contributed by atoms with E-state index in [2.05, 4.69) is 21.1 Å². The molecule has 152 valence electrons. The van der Waals surface area contributed by atoms with Gasteiger partial charge in [0.2, 0.25) is 5.91 Å². The monoisotopic (exact) mass is 437 g/mol. The van der Waals surface area contributed by atoms with Crippen molar-refractivity contribution in [3.8, 4) is 0 Å². The largest absolute Gasteiger partial charge is 0.395 e. The molecule has 0 saturated carbocycles. The van der Waals surface area contributed by atoms with Crippen molar-refractivity contribution in [3.63, 3.8) is 0 Å². The zero-order valence-corrected chi connectivity index (χ0v) is 17.9. The van der Waals surface area contributed by atoms with Gasteiger partial charge < -0.3 is 10.0 Å². The second-order valence-corrected chi connectivity index (χ2v) is 9.36. The van der Waals surface area contributed by atoms with Gasteiger partial charge in [0.1, 0.15) is 5.41 Å². The maximum Gasteiger partial charge on any atom is 0.237 e. The maximum atomic E-state index is 13.2. The summed E-state index contributed by atoms with van der Waals surface area (Å²) in [6.07, 6.45) is 3.61. The summed E-state index contributed by atoms with van der Waals surface area (Å²) in [6.45, 7) is 2.34. The van der Waals surface area contributed by atoms with Crippen LogP contribution in [0.25, 0.3) is 10.2 Å². The number of hydrogen-bond donors (Lipinski definition) is 1. The molecule has 0 fully saturated rings. The third-order valence-corrected chi connectivity index (χ3v) is 7.00. The first-order valence-corrected chi connectivity index (χ1v) is 11.1. The molecule has 0 saturated heterocycles. The van der Waals surface area contributed by atoms with Crippen LogP contribution in [0.2, 0.25) is 0 Å². The Morgan fingerprint density at radius 3 is 2.93 bits per heavy atom. The highest BCUT2D eigenvalue weighted by Crippen LogP contribution is 2.32. The number of rotatable bonds is 5. The van der Waals surface area contributed by atoms with Gasteiger partial charge in [0.25, 0.3) is 0 Å². The van der Waals surface area contributed by atoms with E-state index in [-0.39, 0.29) is 12.5 Å². The first-order chi connectivity index (χ1) is 14.6. The standard InChI is InChI=1S/C21H19N5O2S2/c1-21(12-27,19-4-2-3-7-22-19)20(28)25-9-14-10-26(24-17(14)11-25)30-15-5-6-16-18(8-15)29-13-23-16/h2-8,10,13,27H,9,11-12H2,1H3/t21-/m1/s1. The molecular weight excluding hydrogens is 418 g/mol. The van der Waals surface area contributed by atoms with Crippen LogP contribution in [-0.2, 0) is 23.3 Å². The van der Waals surface area contributed by atoms with E-state index in [1.807, 2.05) is 34.0 Å². The molecule has 5 rings (SSSR count). The predicted octanol–water partition coefficient (Wildman–Crippen LogP) is 3.24. The zero-order chi connectivity index (χ0) is 20.7. The van der Waals surface area contributed by atoms with Crippen LogP contribution in [0.3, 0.4) is 0 Å². The van der Waals surface area contributed by atoms with Crippen LogP contribution in [0.4, 0.5) is 0 Å². The molecule has 1 atom stereocenters. The van der Waals surface area contributed by atoms with Gasteiger partial charge >= 0.3 is 0 Å². The minimum atomic E-state index is -1.07. The van der Waals surface area contributed by atoms with Crippen LogP contribution in [-0.4, -0.2) is 41.7 Å². The van der Waals surface area contributed by atoms with Crippen molar-refractivity contribution in [1.29, 1.82) is 0 Å². The number of fused-ring (bicyclic) bond motifs is 2. The highest BCUT2D eigenvalue weighted by molar-refractivity contribution is 7.97. The molecule has 0 spiro atoms. The van der Waals surface area contributed by atoms with Gasteiger partial charge in [0, 0.05) is 41.3 Å². The molecule has 0 radical (unpaired) electrons. The number of pyridine rings is 1. The smallest absolute Gasteiger partial charge is 0.237 e. The van der Waals surface area contributed by atoms with Crippen molar-refractivity contribution >= 4 is 39.4 Å². The summed E-state index contributed by atoms with van der Waals surface area (Å²) < 4.78 is 2.99. The average molecular weight is 438 g/mol. The molecular formula is C21H19N5O2S2. The fourth-order valence-electron chi connectivity index (χ4n) is 3.61. The van der Waals surface area contributed by atoms with Gasteiger partial charge in [-0.15, -0.1) is 11.3 Å². The molecule has 9 heteroatoms. The SMILES string of the molecule is C[C@](CO)(C(=O)N1Cc2cn(Sc3ccc4ncsc4c3)nc2C1)c1ccccn1. The number of nitrogens with zero attached hydrogens (tertiary/aromatic N) is 5. The summed E-state index contributed by atoms with van der Waals surface area (Å²) in [5, 5.41) is 14.7. The Balaban J connectivity index is 1.32. The van der Waals surface area contributed by atoms with E-state index >= 15 is 0 Å². The van der Waals surface area contributed by atoms with Gasteiger partial charge in [0.05, 0.1) is 40.3 Å². The fourth-order valence-corrected chi connectivity index (χ4v) is 5.24. The number of carbonyl (C=O) groups is 1. The van der Waals surface area contributed by atoms with E-state index in [1.165, 1.54) is 11.9 Å². The summed E-state index contributed by atoms with van der Waals surface area (Å²) in [6, 6.07) is 11.6. The van der Waals surface area contributed by atoms with Gasteiger partial charge in [-0.3, -0.25) is 9.78 Å². The van der Waals surface area contributed by atoms with Crippen molar-refractivity contribution in [3.05, 3.63) is 71.3 Å². The molecule has 1 aliphatic rings. The highest BCUT2D eigenvalue weighted by Gasteiger charge is 2.41. The third-order valence-electron chi connectivity index (χ3n) is 5.37. The van der Waals surface area contributed by atoms with Gasteiger partial charge in [-0.25, -0.2) is 9.07 Å². The second kappa shape index (κ2) is 7.50. The molecule has 1 aromatic carbocycles. The summed E-state index contributed by atoms with van der Waals surface area (Å²) in [4.78, 5) is 24.6. The van der Waals surface area contributed by atoms with E-state index in [1.54, 1.807) is 41.5 Å². The summed E-state index contributed by atoms with van der Waals surface area (Å²) in [7, 11) is 0. The Morgan fingerprint density at radius 1 is 1.27 bits per heavy atom. The molecule has 4 aromatic rings. The van der Waals surface area contributed by atoms with Crippen LogP contribution in [0.15, 0.2) is 59.2 Å². The Hall–Kier alpha value is -2.75. The van der Waals surface area contributed by atoms with Crippen LogP contribution in [0, 0.1) is 0 Å². The number of carbonyl (C=O) groups excluding carboxylic acids is 1. The van der Waals surface area contributed by atoms with Crippen LogP contribution < -0.4 is 0 Å². The molecule has 0 unspecified atom stereocenters. The number of amides is 1. The molecule has 4 heterocycles. The van der Waals surface area contributed by atoms with Crippen molar-refractivity contribution in [2.45, 2.75) is 30.3 Å². The van der Waals surface area contributed by atoms with Gasteiger partial charge in [-0.1, -0.05) is 6.07 Å². The lowest BCUT2D eigenvalue weighted by atomic mass is 9.85. The van der Waals surface area contributed by atoms with Crippen molar-refractivity contribution < 1.29 is 9.90 Å². The third kappa shape index (κ3) is 3.28. The lowest BCUT2D eigenvalue weighted by Crippen LogP contribution is -2.46. The number of aliphatic hydroxyl groups excluding tert-OH is 1. The quantitative estimate of drug-likeness (QED) is 0.516. The first-order valence-electron chi connectivity index (χ1n) is 9.47. The normalized spacial score (nSPS) is 15.3.